The van der Waals surface area contributed by atoms with Gasteiger partial charge in [0, 0.05) is 25.1 Å². The number of carbonyl (C=O) groups is 1. The summed E-state index contributed by atoms with van der Waals surface area (Å²) < 4.78 is 11.8. The monoisotopic (exact) mass is 372 g/mol. The van der Waals surface area contributed by atoms with Crippen LogP contribution in [0.5, 0.6) is 11.5 Å². The molecule has 8 nitrogen and oxygen atoms in total. The number of methoxy groups -OCH3 is 2. The largest absolute Gasteiger partial charge is 0.493 e. The van der Waals surface area contributed by atoms with E-state index in [4.69, 9.17) is 9.47 Å². The van der Waals surface area contributed by atoms with Gasteiger partial charge >= 0.3 is 6.03 Å². The summed E-state index contributed by atoms with van der Waals surface area (Å²) in [6, 6.07) is 8.48. The van der Waals surface area contributed by atoms with Crippen LogP contribution in [0.25, 0.3) is 0 Å². The lowest BCUT2D eigenvalue weighted by atomic mass is 10.2. The molecule has 2 amide bonds. The number of urea groups is 1. The lowest BCUT2D eigenvalue weighted by Crippen LogP contribution is -2.38. The third-order valence-electron chi connectivity index (χ3n) is 4.39. The second kappa shape index (κ2) is 8.57. The number of benzene rings is 1. The van der Waals surface area contributed by atoms with Crippen molar-refractivity contribution in [1.82, 2.24) is 20.4 Å². The summed E-state index contributed by atoms with van der Waals surface area (Å²) in [5.41, 5.74) is 1.68. The van der Waals surface area contributed by atoms with Crippen LogP contribution in [0.3, 0.4) is 0 Å². The van der Waals surface area contributed by atoms with Gasteiger partial charge in [-0.3, -0.25) is 4.79 Å². The summed E-state index contributed by atoms with van der Waals surface area (Å²) >= 11 is 0. The van der Waals surface area contributed by atoms with E-state index < -0.39 is 0 Å². The first kappa shape index (κ1) is 18.8. The van der Waals surface area contributed by atoms with Gasteiger partial charge in [0.05, 0.1) is 26.5 Å². The van der Waals surface area contributed by atoms with Crippen molar-refractivity contribution in [1.29, 1.82) is 0 Å². The van der Waals surface area contributed by atoms with Crippen molar-refractivity contribution in [2.24, 2.45) is 0 Å². The minimum absolute atomic E-state index is 0.160. The van der Waals surface area contributed by atoms with Gasteiger partial charge in [0.15, 0.2) is 11.5 Å². The summed E-state index contributed by atoms with van der Waals surface area (Å²) in [4.78, 5) is 23.8. The molecule has 0 spiro atoms. The summed E-state index contributed by atoms with van der Waals surface area (Å²) in [7, 11) is 3.14. The van der Waals surface area contributed by atoms with E-state index in [9.17, 15) is 9.59 Å². The fraction of sp³-hybridized carbons (Fsp3) is 0.421. The third kappa shape index (κ3) is 4.99. The molecule has 1 fully saturated rings. The van der Waals surface area contributed by atoms with E-state index in [-0.39, 0.29) is 11.6 Å². The van der Waals surface area contributed by atoms with Crippen molar-refractivity contribution < 1.29 is 14.3 Å². The van der Waals surface area contributed by atoms with Gasteiger partial charge < -0.3 is 20.1 Å². The number of nitrogens with zero attached hydrogens (tertiary/aromatic N) is 2. The minimum Gasteiger partial charge on any atom is -0.493 e. The number of aromatic nitrogens is 2. The van der Waals surface area contributed by atoms with Crippen LogP contribution in [0.4, 0.5) is 4.79 Å². The van der Waals surface area contributed by atoms with Crippen molar-refractivity contribution in [2.75, 3.05) is 20.8 Å². The van der Waals surface area contributed by atoms with E-state index in [2.05, 4.69) is 15.7 Å². The zero-order valence-electron chi connectivity index (χ0n) is 15.5. The van der Waals surface area contributed by atoms with Crippen molar-refractivity contribution in [2.45, 2.75) is 31.8 Å². The number of ether oxygens (including phenoxy) is 2. The topological polar surface area (TPSA) is 94.5 Å². The zero-order valence-corrected chi connectivity index (χ0v) is 15.5. The standard InChI is InChI=1S/C19H24N4O4/c1-26-16-7-3-13(11-17(16)27-2)12-21-19(25)20-9-10-23-18(24)8-6-15(22-23)14-4-5-14/h3,6-8,11,14H,4-5,9-10,12H2,1-2H3,(H2,20,21,25). The molecule has 1 heterocycles. The molecule has 8 heteroatoms. The van der Waals surface area contributed by atoms with E-state index in [1.54, 1.807) is 26.4 Å². The third-order valence-corrected chi connectivity index (χ3v) is 4.39. The molecule has 1 aromatic heterocycles. The highest BCUT2D eigenvalue weighted by atomic mass is 16.5. The molecular weight excluding hydrogens is 348 g/mol. The average Bonchev–Trinajstić information content (AvgIpc) is 3.52. The Morgan fingerprint density at radius 1 is 1.15 bits per heavy atom. The van der Waals surface area contributed by atoms with E-state index in [1.165, 1.54) is 10.7 Å². The highest BCUT2D eigenvalue weighted by Crippen LogP contribution is 2.38. The first-order valence-corrected chi connectivity index (χ1v) is 8.91. The quantitative estimate of drug-likeness (QED) is 0.735. The molecule has 0 unspecified atom stereocenters. The van der Waals surface area contributed by atoms with Crippen LogP contribution in [0, 0.1) is 0 Å². The molecule has 3 rings (SSSR count). The molecule has 0 aliphatic heterocycles. The number of rotatable bonds is 8. The van der Waals surface area contributed by atoms with Gasteiger partial charge in [-0.15, -0.1) is 0 Å². The van der Waals surface area contributed by atoms with Crippen LogP contribution < -0.4 is 25.7 Å². The van der Waals surface area contributed by atoms with Crippen LogP contribution in [-0.2, 0) is 13.1 Å². The van der Waals surface area contributed by atoms with E-state index >= 15 is 0 Å². The Kier molecular flexibility index (Phi) is 5.95. The van der Waals surface area contributed by atoms with Gasteiger partial charge in [-0.05, 0) is 36.6 Å². The highest BCUT2D eigenvalue weighted by molar-refractivity contribution is 5.73. The summed E-state index contributed by atoms with van der Waals surface area (Å²) in [5.74, 6) is 1.73. The molecule has 144 valence electrons. The maximum atomic E-state index is 12.0. The van der Waals surface area contributed by atoms with Gasteiger partial charge in [-0.25, -0.2) is 9.48 Å². The van der Waals surface area contributed by atoms with Crippen LogP contribution >= 0.6 is 0 Å². The SMILES string of the molecule is COc1ccc(CNC(=O)NCCn2nc(C3CC3)ccc2=O)cc1OC. The average molecular weight is 372 g/mol. The van der Waals surface area contributed by atoms with E-state index in [0.717, 1.165) is 24.1 Å². The Morgan fingerprint density at radius 2 is 1.93 bits per heavy atom. The number of hydrogen-bond acceptors (Lipinski definition) is 5. The first-order chi connectivity index (χ1) is 13.1. The first-order valence-electron chi connectivity index (χ1n) is 8.91. The zero-order chi connectivity index (χ0) is 19.2. The number of hydrogen-bond donors (Lipinski definition) is 2. The summed E-state index contributed by atoms with van der Waals surface area (Å²) in [6.45, 7) is 1.00. The van der Waals surface area contributed by atoms with Gasteiger partial charge in [-0.2, -0.15) is 5.10 Å². The van der Waals surface area contributed by atoms with Gasteiger partial charge in [0.25, 0.3) is 5.56 Å². The van der Waals surface area contributed by atoms with Crippen molar-refractivity contribution in [3.63, 3.8) is 0 Å². The predicted octanol–water partition coefficient (Wildman–Crippen LogP) is 1.64. The molecule has 0 bridgehead atoms. The molecule has 1 saturated carbocycles. The maximum Gasteiger partial charge on any atom is 0.315 e. The Balaban J connectivity index is 1.46. The normalized spacial score (nSPS) is 13.1. The minimum atomic E-state index is -0.309. The second-order valence-corrected chi connectivity index (χ2v) is 6.39. The van der Waals surface area contributed by atoms with Crippen molar-refractivity contribution >= 4 is 6.03 Å². The fourth-order valence-electron chi connectivity index (χ4n) is 2.73. The summed E-state index contributed by atoms with van der Waals surface area (Å²) in [5, 5.41) is 9.88. The molecule has 27 heavy (non-hydrogen) atoms. The smallest absolute Gasteiger partial charge is 0.315 e. The number of carbonyl (C=O) groups excluding carboxylic acids is 1. The molecule has 0 atom stereocenters. The second-order valence-electron chi connectivity index (χ2n) is 6.39. The summed E-state index contributed by atoms with van der Waals surface area (Å²) in [6.07, 6.45) is 2.25. The van der Waals surface area contributed by atoms with Crippen molar-refractivity contribution in [3.05, 3.63) is 51.9 Å². The van der Waals surface area contributed by atoms with Gasteiger partial charge in [0.2, 0.25) is 0 Å². The van der Waals surface area contributed by atoms with Crippen LogP contribution in [0.1, 0.15) is 30.0 Å². The molecular formula is C19H24N4O4. The fourth-order valence-corrected chi connectivity index (χ4v) is 2.73. The molecule has 1 aliphatic carbocycles. The van der Waals surface area contributed by atoms with Crippen molar-refractivity contribution in [3.8, 4) is 11.5 Å². The Morgan fingerprint density at radius 3 is 2.63 bits per heavy atom. The lowest BCUT2D eigenvalue weighted by Gasteiger charge is -2.11. The molecule has 0 saturated heterocycles. The van der Waals surface area contributed by atoms with E-state index in [1.807, 2.05) is 12.1 Å². The Hall–Kier alpha value is -3.03. The van der Waals surface area contributed by atoms with Crippen LogP contribution in [-0.4, -0.2) is 36.6 Å². The molecule has 2 N–H and O–H groups in total. The molecule has 2 aromatic rings. The highest BCUT2D eigenvalue weighted by Gasteiger charge is 2.25. The number of nitrogens with one attached hydrogen (secondary N) is 2. The molecule has 0 radical (unpaired) electrons. The van der Waals surface area contributed by atoms with E-state index in [0.29, 0.717) is 37.1 Å². The maximum absolute atomic E-state index is 12.0. The predicted molar refractivity (Wildman–Crippen MR) is 100 cm³/mol. The van der Waals surface area contributed by atoms with Gasteiger partial charge in [0.1, 0.15) is 0 Å². The Bertz CT molecular complexity index is 861. The molecule has 1 aromatic carbocycles. The number of amides is 2. The lowest BCUT2D eigenvalue weighted by molar-refractivity contribution is 0.240. The van der Waals surface area contributed by atoms with Crippen LogP contribution in [0.2, 0.25) is 0 Å². The van der Waals surface area contributed by atoms with Crippen LogP contribution in [0.15, 0.2) is 35.1 Å². The van der Waals surface area contributed by atoms with Gasteiger partial charge in [-0.1, -0.05) is 6.07 Å². The Labute approximate surface area is 157 Å². The molecule has 1 aliphatic rings.